The van der Waals surface area contributed by atoms with Gasteiger partial charge in [-0.1, -0.05) is 0 Å². The minimum absolute atomic E-state index is 0.804. The van der Waals surface area contributed by atoms with Crippen molar-refractivity contribution >= 4 is 5.91 Å². The Morgan fingerprint density at radius 2 is 0.386 bits per heavy atom. The molecule has 0 aliphatic carbocycles. The predicted octanol–water partition coefficient (Wildman–Crippen LogP) is -22.7. The van der Waals surface area contributed by atoms with Crippen LogP contribution in [0.15, 0.2) is 0 Å². The molecule has 10 aliphatic heterocycles. The van der Waals surface area contributed by atoms with Crippen molar-refractivity contribution in [3.63, 3.8) is 0 Å². The van der Waals surface area contributed by atoms with Crippen LogP contribution in [0.3, 0.4) is 0 Å². The number of aliphatic hydroxyl groups excluding tert-OH is 31. The molecule has 0 aromatic rings. The molecular weight excluding hydrogens is 1570 g/mol. The van der Waals surface area contributed by atoms with Crippen molar-refractivity contribution < 1.29 is 253 Å². The number of carbonyl (C=O) groups excluding carboxylic acids is 1. The highest BCUT2D eigenvalue weighted by molar-refractivity contribution is 5.73. The Labute approximate surface area is 642 Å². The van der Waals surface area contributed by atoms with E-state index in [1.165, 1.54) is 0 Å². The van der Waals surface area contributed by atoms with Crippen molar-refractivity contribution in [1.29, 1.82) is 0 Å². The van der Waals surface area contributed by atoms with E-state index in [2.05, 4.69) is 5.32 Å². The summed E-state index contributed by atoms with van der Waals surface area (Å²) in [5.41, 5.74) is 0. The molecule has 52 nitrogen and oxygen atoms in total. The lowest BCUT2D eigenvalue weighted by atomic mass is 9.94. The van der Waals surface area contributed by atoms with E-state index < -0.39 is 379 Å². The van der Waals surface area contributed by atoms with Gasteiger partial charge in [-0.15, -0.1) is 0 Å². The summed E-state index contributed by atoms with van der Waals surface area (Å²) in [6.45, 7) is -10.2. The number of carbonyl (C=O) groups is 1. The second-order valence-corrected chi connectivity index (χ2v) is 28.7. The molecule has 0 aromatic carbocycles. The molecule has 0 radical (unpaired) electrons. The molecule has 10 heterocycles. The monoisotopic (exact) mass is 1680 g/mol. The number of amides is 1. The maximum Gasteiger partial charge on any atom is 0.217 e. The maximum absolute atomic E-state index is 12.2. The van der Waals surface area contributed by atoms with Gasteiger partial charge in [0.2, 0.25) is 5.91 Å². The van der Waals surface area contributed by atoms with Crippen molar-refractivity contribution in [2.45, 2.75) is 314 Å². The topological polar surface area (TPSA) is 832 Å². The van der Waals surface area contributed by atoms with E-state index in [0.717, 1.165) is 6.92 Å². The van der Waals surface area contributed by atoms with Gasteiger partial charge in [-0.2, -0.15) is 0 Å². The number of rotatable bonds is 29. The van der Waals surface area contributed by atoms with Gasteiger partial charge >= 0.3 is 0 Å². The molecule has 114 heavy (non-hydrogen) atoms. The van der Waals surface area contributed by atoms with Crippen LogP contribution in [0, 0.1) is 0 Å². The Bertz CT molecular complexity index is 2920. The summed E-state index contributed by atoms with van der Waals surface area (Å²) in [6, 6.07) is -1.65. The van der Waals surface area contributed by atoms with Gasteiger partial charge in [-0.25, -0.2) is 0 Å². The third kappa shape index (κ3) is 19.4. The molecular formula is C62H105NO51. The van der Waals surface area contributed by atoms with Crippen LogP contribution in [-0.2, 0) is 94.8 Å². The van der Waals surface area contributed by atoms with Gasteiger partial charge in [-0.05, 0) is 0 Å². The maximum atomic E-state index is 12.2. The first kappa shape index (κ1) is 93.7. The zero-order chi connectivity index (χ0) is 83.7. The Hall–Kier alpha value is -2.53. The van der Waals surface area contributed by atoms with Gasteiger partial charge in [0.05, 0.1) is 66.1 Å². The Kier molecular flexibility index (Phi) is 33.4. The van der Waals surface area contributed by atoms with Crippen molar-refractivity contribution in [1.82, 2.24) is 5.32 Å². The van der Waals surface area contributed by atoms with Gasteiger partial charge in [0.25, 0.3) is 0 Å². The molecule has 1 amide bonds. The summed E-state index contributed by atoms with van der Waals surface area (Å²) >= 11 is 0. The molecule has 664 valence electrons. The summed E-state index contributed by atoms with van der Waals surface area (Å²) < 4.78 is 109. The average molecular weight is 1680 g/mol. The fraction of sp³-hybridized carbons (Fsp3) is 0.984. The van der Waals surface area contributed by atoms with E-state index in [9.17, 15) is 163 Å². The van der Waals surface area contributed by atoms with Crippen LogP contribution in [0.4, 0.5) is 0 Å². The quantitative estimate of drug-likeness (QED) is 0.0331. The summed E-state index contributed by atoms with van der Waals surface area (Å²) in [5.74, 6) is -0.804. The molecule has 52 heteroatoms. The minimum atomic E-state index is -2.55. The molecule has 10 fully saturated rings. The van der Waals surface area contributed by atoms with Crippen molar-refractivity contribution in [2.75, 3.05) is 66.1 Å². The first-order valence-corrected chi connectivity index (χ1v) is 36.2. The third-order valence-corrected chi connectivity index (χ3v) is 21.3. The summed E-state index contributed by atoms with van der Waals surface area (Å²) in [5, 5.41) is 345. The van der Waals surface area contributed by atoms with Gasteiger partial charge < -0.3 is 254 Å². The van der Waals surface area contributed by atoms with Gasteiger partial charge in [-0.3, -0.25) is 4.79 Å². The first-order chi connectivity index (χ1) is 54.1. The largest absolute Gasteiger partial charge is 0.394 e. The molecule has 0 spiro atoms. The molecule has 10 rings (SSSR count). The highest BCUT2D eigenvalue weighted by atomic mass is 16.8. The smallest absolute Gasteiger partial charge is 0.217 e. The van der Waals surface area contributed by atoms with E-state index in [4.69, 9.17) is 90.0 Å². The normalized spacial score (nSPS) is 52.6. The Morgan fingerprint density at radius 3 is 0.632 bits per heavy atom. The number of nitrogens with one attached hydrogen (secondary N) is 1. The fourth-order valence-corrected chi connectivity index (χ4v) is 14.8. The first-order valence-electron chi connectivity index (χ1n) is 36.2. The number of hydrogen-bond acceptors (Lipinski definition) is 51. The Morgan fingerprint density at radius 1 is 0.211 bits per heavy atom. The van der Waals surface area contributed by atoms with Crippen LogP contribution >= 0.6 is 0 Å². The molecule has 32 N–H and O–H groups in total. The number of aliphatic hydroxyl groups is 31. The van der Waals surface area contributed by atoms with Crippen LogP contribution < -0.4 is 5.32 Å². The van der Waals surface area contributed by atoms with Crippen LogP contribution in [0.2, 0.25) is 0 Å². The van der Waals surface area contributed by atoms with E-state index >= 15 is 0 Å². The molecule has 10 saturated heterocycles. The molecule has 50 atom stereocenters. The second-order valence-electron chi connectivity index (χ2n) is 28.7. The molecule has 0 bridgehead atoms. The van der Waals surface area contributed by atoms with E-state index in [-0.39, 0.29) is 0 Å². The van der Waals surface area contributed by atoms with Gasteiger partial charge in [0.15, 0.2) is 62.9 Å². The highest BCUT2D eigenvalue weighted by Crippen LogP contribution is 2.41. The molecule has 10 aliphatic rings. The molecule has 0 aromatic heterocycles. The average Bonchev–Trinajstić information content (AvgIpc) is 0.774. The SMILES string of the molecule is CC(=O)N[C@@H]1[C@@H](O[C@H]2O[C@H](CO)[C@@H](O)[C@H](O[C@H]3O[C@H](CO)[C@@H](O)[C@H](O[C@H]4O[C@H](CO)[C@@H](O)[C@H](O)[C@@H]4O[C@H]4O[C@H](CO)[C@@H](O)[C@H](O)[C@@H]4O[C@H]4O[C@H](CO)[C@@H](O)[C@H](O[C@H]5O[C@H](CO)[C@@H](O)[C@H](O[C@H]6O[C@H](CO)[C@@H](O)[C@H](O)[C@@H]6O[C@H]6O[C@H](CO)[C@@H](O)[C@H](O)[C@@H]6O[C@H]6O[C@H](CO)[C@@H](O)[C@H](O)[C@@H]6O)[C@@H]5O)[C@@H]4O)[C@@H]3O)[C@@H]2O)[C@H](O)[C@@H](CO)O[C@@H]1O. The fourth-order valence-electron chi connectivity index (χ4n) is 14.8. The number of hydrogen-bond donors (Lipinski definition) is 32. The van der Waals surface area contributed by atoms with Gasteiger partial charge in [0.1, 0.15) is 244 Å². The summed E-state index contributed by atoms with van der Waals surface area (Å²) in [7, 11) is 0. The lowest BCUT2D eigenvalue weighted by Crippen LogP contribution is -2.69. The van der Waals surface area contributed by atoms with Crippen LogP contribution in [-0.4, -0.2) is 537 Å². The van der Waals surface area contributed by atoms with Crippen molar-refractivity contribution in [3.05, 3.63) is 0 Å². The standard InChI is InChI=1S/C62H105NO51/c1-12(74)63-23-44(29(80)18(7-69)96-53(23)95)106-55-40(91)45(30(81)19(8-70)98-55)107-56-42(93)47(32(83)21(10-72)99-56)110-60-52(38(89)28(79)15(4-66)103-60)114-62-50(36(87)26(77)17(6-68)105-62)112-58-41(92)46(31(82)20(9-71)101-58)108-57-43(94)48(33(84)22(11-73)100-57)109-59-51(37(88)27(78)14(3-65)102-59)113-61-49(35(86)25(76)16(5-67)104-61)111-54-39(90)34(85)24(75)13(2-64)97-54/h13-62,64-73,75-95H,2-11H2,1H3,(H,63,74)/t13-,14-,15-,16-,17-,18-,19-,20-,21-,22-,23-,24-,25-,26-,27-,28-,29-,30-,31-,32-,33-,34+,35+,36+,37+,38+,39+,40+,41+,42+,43+,44-,45+,46+,47+,48+,49+,50+,51+,52+,53+,54-,55-,56-,57-,58-,59-,60-,61-,62-/m1/s1. The zero-order valence-corrected chi connectivity index (χ0v) is 60.0. The van der Waals surface area contributed by atoms with Crippen LogP contribution in [0.5, 0.6) is 0 Å². The summed E-state index contributed by atoms with van der Waals surface area (Å²) in [4.78, 5) is 12.2. The third-order valence-electron chi connectivity index (χ3n) is 21.3. The lowest BCUT2D eigenvalue weighted by Gasteiger charge is -2.51. The van der Waals surface area contributed by atoms with Gasteiger partial charge in [0, 0.05) is 6.92 Å². The van der Waals surface area contributed by atoms with Crippen molar-refractivity contribution in [3.8, 4) is 0 Å². The van der Waals surface area contributed by atoms with Crippen LogP contribution in [0.1, 0.15) is 6.92 Å². The van der Waals surface area contributed by atoms with E-state index in [1.54, 1.807) is 0 Å². The lowest BCUT2D eigenvalue weighted by molar-refractivity contribution is -0.414. The van der Waals surface area contributed by atoms with Crippen molar-refractivity contribution in [2.24, 2.45) is 0 Å². The molecule has 0 unspecified atom stereocenters. The Balaban J connectivity index is 0.880. The summed E-state index contributed by atoms with van der Waals surface area (Å²) in [6.07, 6.45) is -106. The number of ether oxygens (including phenoxy) is 19. The predicted molar refractivity (Wildman–Crippen MR) is 341 cm³/mol. The zero-order valence-electron chi connectivity index (χ0n) is 60.0. The minimum Gasteiger partial charge on any atom is -0.394 e. The van der Waals surface area contributed by atoms with E-state index in [1.807, 2.05) is 0 Å². The second kappa shape index (κ2) is 40.6. The highest BCUT2D eigenvalue weighted by Gasteiger charge is 2.62. The molecule has 0 saturated carbocycles. The van der Waals surface area contributed by atoms with Crippen LogP contribution in [0.25, 0.3) is 0 Å². The van der Waals surface area contributed by atoms with E-state index in [0.29, 0.717) is 0 Å².